The fraction of sp³-hybridized carbons (Fsp3) is 0.500. The molecular weight excluding hydrogens is 519 g/mol. The van der Waals surface area contributed by atoms with Crippen molar-refractivity contribution in [2.75, 3.05) is 32.9 Å². The number of aliphatic imine (C=N–C) groups is 1. The van der Waals surface area contributed by atoms with Crippen LogP contribution in [-0.4, -0.2) is 43.9 Å². The van der Waals surface area contributed by atoms with E-state index in [1.807, 2.05) is 43.3 Å². The van der Waals surface area contributed by atoms with Crippen molar-refractivity contribution in [3.05, 3.63) is 48.2 Å². The Hall–Kier alpha value is -2.07. The van der Waals surface area contributed by atoms with Gasteiger partial charge < -0.3 is 24.8 Å². The Morgan fingerprint density at radius 3 is 2.47 bits per heavy atom. The van der Waals surface area contributed by atoms with Gasteiger partial charge in [0.05, 0.1) is 13.2 Å². The first-order chi connectivity index (χ1) is 15.3. The van der Waals surface area contributed by atoms with Crippen molar-refractivity contribution in [3.63, 3.8) is 0 Å². The largest absolute Gasteiger partial charge is 0.494 e. The maximum absolute atomic E-state index is 6.01. The molecule has 0 unspecified atom stereocenters. The molecule has 7 nitrogen and oxygen atoms in total. The number of hydrogen-bond acceptors (Lipinski definition) is 5. The maximum Gasteiger partial charge on any atom is 0.224 e. The van der Waals surface area contributed by atoms with E-state index < -0.39 is 0 Å². The van der Waals surface area contributed by atoms with Crippen LogP contribution in [0.2, 0.25) is 0 Å². The smallest absolute Gasteiger partial charge is 0.224 e. The van der Waals surface area contributed by atoms with Crippen LogP contribution < -0.4 is 20.1 Å². The Kier molecular flexibility index (Phi) is 15.3. The van der Waals surface area contributed by atoms with Crippen LogP contribution in [0, 0.1) is 0 Å². The lowest BCUT2D eigenvalue weighted by Gasteiger charge is -2.12. The zero-order chi connectivity index (χ0) is 22.2. The van der Waals surface area contributed by atoms with Gasteiger partial charge in [0.2, 0.25) is 5.88 Å². The number of benzene rings is 1. The number of guanidine groups is 1. The summed E-state index contributed by atoms with van der Waals surface area (Å²) in [7, 11) is 0. The molecular formula is C24H37IN4O3. The number of rotatable bonds is 14. The minimum absolute atomic E-state index is 0. The summed E-state index contributed by atoms with van der Waals surface area (Å²) in [6.45, 7) is 10.5. The molecule has 0 fully saturated rings. The molecule has 0 aliphatic carbocycles. The summed E-state index contributed by atoms with van der Waals surface area (Å²) in [5.74, 6) is 2.89. The molecule has 0 radical (unpaired) electrons. The van der Waals surface area contributed by atoms with E-state index in [9.17, 15) is 0 Å². The second-order valence-electron chi connectivity index (χ2n) is 6.92. The molecule has 1 heterocycles. The van der Waals surface area contributed by atoms with Gasteiger partial charge in [-0.1, -0.05) is 13.0 Å². The van der Waals surface area contributed by atoms with Crippen LogP contribution in [0.1, 0.15) is 45.6 Å². The third-order valence-electron chi connectivity index (χ3n) is 4.32. The molecule has 2 rings (SSSR count). The first-order valence-corrected chi connectivity index (χ1v) is 11.2. The molecule has 1 aromatic heterocycles. The quantitative estimate of drug-likeness (QED) is 0.145. The molecule has 0 aliphatic rings. The van der Waals surface area contributed by atoms with E-state index in [1.165, 1.54) is 0 Å². The van der Waals surface area contributed by atoms with Crippen molar-refractivity contribution in [3.8, 4) is 17.4 Å². The summed E-state index contributed by atoms with van der Waals surface area (Å²) in [5, 5.41) is 6.65. The van der Waals surface area contributed by atoms with Crippen LogP contribution in [0.5, 0.6) is 17.4 Å². The third kappa shape index (κ3) is 11.0. The van der Waals surface area contributed by atoms with Gasteiger partial charge in [-0.2, -0.15) is 0 Å². The lowest BCUT2D eigenvalue weighted by atomic mass is 10.2. The van der Waals surface area contributed by atoms with Gasteiger partial charge in [0.1, 0.15) is 11.5 Å². The first-order valence-electron chi connectivity index (χ1n) is 11.2. The Balaban J connectivity index is 0.00000512. The zero-order valence-corrected chi connectivity index (χ0v) is 21.8. The number of hydrogen-bond donors (Lipinski definition) is 2. The van der Waals surface area contributed by atoms with Crippen LogP contribution >= 0.6 is 24.0 Å². The Labute approximate surface area is 209 Å². The van der Waals surface area contributed by atoms with Gasteiger partial charge in [0.15, 0.2) is 5.96 Å². The van der Waals surface area contributed by atoms with Crippen LogP contribution in [-0.2, 0) is 11.3 Å². The highest BCUT2D eigenvalue weighted by Gasteiger charge is 2.07. The van der Waals surface area contributed by atoms with Gasteiger partial charge >= 0.3 is 0 Å². The van der Waals surface area contributed by atoms with E-state index in [0.717, 1.165) is 62.8 Å². The van der Waals surface area contributed by atoms with E-state index in [0.29, 0.717) is 24.8 Å². The molecule has 2 N–H and O–H groups in total. The monoisotopic (exact) mass is 556 g/mol. The van der Waals surface area contributed by atoms with Gasteiger partial charge in [-0.3, -0.25) is 0 Å². The summed E-state index contributed by atoms with van der Waals surface area (Å²) >= 11 is 0. The molecule has 0 spiro atoms. The summed E-state index contributed by atoms with van der Waals surface area (Å²) in [6.07, 6.45) is 4.77. The summed E-state index contributed by atoms with van der Waals surface area (Å²) in [5.41, 5.74) is 0.919. The Morgan fingerprint density at radius 1 is 0.969 bits per heavy atom. The van der Waals surface area contributed by atoms with Crippen molar-refractivity contribution in [2.24, 2.45) is 4.99 Å². The first kappa shape index (κ1) is 28.0. The van der Waals surface area contributed by atoms with Crippen molar-refractivity contribution >= 4 is 29.9 Å². The topological polar surface area (TPSA) is 77.0 Å². The minimum Gasteiger partial charge on any atom is -0.494 e. The average molecular weight is 556 g/mol. The number of ether oxygens (including phenoxy) is 3. The van der Waals surface area contributed by atoms with Crippen LogP contribution in [0.3, 0.4) is 0 Å². The maximum atomic E-state index is 6.01. The van der Waals surface area contributed by atoms with Crippen molar-refractivity contribution < 1.29 is 14.2 Å². The van der Waals surface area contributed by atoms with Crippen LogP contribution in [0.4, 0.5) is 0 Å². The van der Waals surface area contributed by atoms with Gasteiger partial charge in [-0.15, -0.1) is 24.0 Å². The highest BCUT2D eigenvalue weighted by atomic mass is 127. The molecule has 0 saturated heterocycles. The molecule has 178 valence electrons. The van der Waals surface area contributed by atoms with E-state index in [4.69, 9.17) is 19.2 Å². The SMILES string of the molecule is CCCOc1ccc(Oc2ncccc2CN=C(NCC)NCCCCOCC)cc1.I. The highest BCUT2D eigenvalue weighted by molar-refractivity contribution is 14.0. The van der Waals surface area contributed by atoms with Gasteiger partial charge in [0.25, 0.3) is 0 Å². The standard InChI is InChI=1S/C24H36N4O3.HI/c1-4-17-30-21-11-13-22(14-12-21)31-23-20(10-9-16-26-23)19-28-24(25-5-2)27-15-7-8-18-29-6-3;/h9-14,16H,4-8,15,17-19H2,1-3H3,(H2,25,27,28);1H. The summed E-state index contributed by atoms with van der Waals surface area (Å²) in [6, 6.07) is 11.5. The van der Waals surface area contributed by atoms with E-state index in [2.05, 4.69) is 29.5 Å². The van der Waals surface area contributed by atoms with Gasteiger partial charge in [0, 0.05) is 38.1 Å². The van der Waals surface area contributed by atoms with E-state index in [-0.39, 0.29) is 24.0 Å². The fourth-order valence-corrected chi connectivity index (χ4v) is 2.76. The number of halogens is 1. The predicted octanol–water partition coefficient (Wildman–Crippen LogP) is 5.15. The second-order valence-corrected chi connectivity index (χ2v) is 6.92. The fourth-order valence-electron chi connectivity index (χ4n) is 2.76. The van der Waals surface area contributed by atoms with Crippen LogP contribution in [0.15, 0.2) is 47.6 Å². The van der Waals surface area contributed by atoms with Crippen LogP contribution in [0.25, 0.3) is 0 Å². The number of nitrogens with one attached hydrogen (secondary N) is 2. The zero-order valence-electron chi connectivity index (χ0n) is 19.4. The number of nitrogens with zero attached hydrogens (tertiary/aromatic N) is 2. The highest BCUT2D eigenvalue weighted by Crippen LogP contribution is 2.25. The predicted molar refractivity (Wildman–Crippen MR) is 140 cm³/mol. The van der Waals surface area contributed by atoms with Crippen molar-refractivity contribution in [2.45, 2.75) is 46.6 Å². The van der Waals surface area contributed by atoms with E-state index >= 15 is 0 Å². The summed E-state index contributed by atoms with van der Waals surface area (Å²) < 4.78 is 17.0. The molecule has 0 saturated carbocycles. The molecule has 0 atom stereocenters. The Bertz CT molecular complexity index is 772. The summed E-state index contributed by atoms with van der Waals surface area (Å²) in [4.78, 5) is 9.09. The van der Waals surface area contributed by atoms with Gasteiger partial charge in [-0.25, -0.2) is 9.98 Å². The number of pyridine rings is 1. The molecule has 2 aromatic rings. The number of aromatic nitrogens is 1. The molecule has 0 bridgehead atoms. The third-order valence-corrected chi connectivity index (χ3v) is 4.32. The molecule has 1 aromatic carbocycles. The lowest BCUT2D eigenvalue weighted by molar-refractivity contribution is 0.143. The Morgan fingerprint density at radius 2 is 1.75 bits per heavy atom. The van der Waals surface area contributed by atoms with Crippen molar-refractivity contribution in [1.29, 1.82) is 0 Å². The molecule has 0 aliphatic heterocycles. The van der Waals surface area contributed by atoms with Crippen molar-refractivity contribution in [1.82, 2.24) is 15.6 Å². The lowest BCUT2D eigenvalue weighted by Crippen LogP contribution is -2.37. The second kappa shape index (κ2) is 17.5. The molecule has 8 heteroatoms. The normalized spacial score (nSPS) is 10.9. The van der Waals surface area contributed by atoms with Gasteiger partial charge in [-0.05, 0) is 63.4 Å². The molecule has 0 amide bonds. The number of unbranched alkanes of at least 4 members (excludes halogenated alkanes) is 1. The van der Waals surface area contributed by atoms with E-state index in [1.54, 1.807) is 6.20 Å². The average Bonchev–Trinajstić information content (AvgIpc) is 2.80. The minimum atomic E-state index is 0. The molecule has 32 heavy (non-hydrogen) atoms.